The zero-order valence-electron chi connectivity index (χ0n) is 8.69. The molecule has 16 heavy (non-hydrogen) atoms. The Morgan fingerprint density at radius 1 is 1.44 bits per heavy atom. The number of H-pyrrole nitrogens is 1. The van der Waals surface area contributed by atoms with E-state index in [4.69, 9.17) is 5.73 Å². The standard InChI is InChI=1S/C10H11N5O/c1-6-8(5-13-15-6)10(16)14-7-2-3-9(11)12-4-7/h2-5H,1H3,(H2,11,12)(H,13,15)(H,14,16). The van der Waals surface area contributed by atoms with Crippen molar-refractivity contribution >= 4 is 17.4 Å². The van der Waals surface area contributed by atoms with E-state index in [1.165, 1.54) is 12.4 Å². The average molecular weight is 217 g/mol. The van der Waals surface area contributed by atoms with Gasteiger partial charge in [-0.1, -0.05) is 0 Å². The number of amides is 1. The molecule has 0 aliphatic heterocycles. The Labute approximate surface area is 91.9 Å². The van der Waals surface area contributed by atoms with Crippen LogP contribution in [0, 0.1) is 6.92 Å². The first-order chi connectivity index (χ1) is 7.66. The summed E-state index contributed by atoms with van der Waals surface area (Å²) in [7, 11) is 0. The number of anilines is 2. The maximum Gasteiger partial charge on any atom is 0.259 e. The van der Waals surface area contributed by atoms with Crippen LogP contribution in [0.1, 0.15) is 16.1 Å². The van der Waals surface area contributed by atoms with Gasteiger partial charge in [0.1, 0.15) is 5.82 Å². The zero-order chi connectivity index (χ0) is 11.5. The van der Waals surface area contributed by atoms with Crippen LogP contribution >= 0.6 is 0 Å². The number of hydrogen-bond acceptors (Lipinski definition) is 4. The Kier molecular flexibility index (Phi) is 2.55. The number of hydrogen-bond donors (Lipinski definition) is 3. The number of nitrogen functional groups attached to an aromatic ring is 1. The summed E-state index contributed by atoms with van der Waals surface area (Å²) in [5.74, 6) is 0.190. The van der Waals surface area contributed by atoms with Gasteiger partial charge in [-0.25, -0.2) is 4.98 Å². The molecular weight excluding hydrogens is 206 g/mol. The highest BCUT2D eigenvalue weighted by Gasteiger charge is 2.10. The molecule has 0 aliphatic carbocycles. The van der Waals surface area contributed by atoms with Crippen LogP contribution in [0.4, 0.5) is 11.5 Å². The molecular formula is C10H11N5O. The van der Waals surface area contributed by atoms with Gasteiger partial charge >= 0.3 is 0 Å². The Morgan fingerprint density at radius 2 is 2.25 bits per heavy atom. The molecule has 82 valence electrons. The largest absolute Gasteiger partial charge is 0.384 e. The lowest BCUT2D eigenvalue weighted by atomic mass is 10.2. The molecule has 2 aromatic heterocycles. The van der Waals surface area contributed by atoms with Gasteiger partial charge in [0, 0.05) is 5.69 Å². The predicted octanol–water partition coefficient (Wildman–Crippen LogP) is 0.948. The van der Waals surface area contributed by atoms with E-state index in [9.17, 15) is 4.79 Å². The fraction of sp³-hybridized carbons (Fsp3) is 0.100. The van der Waals surface area contributed by atoms with Crippen LogP contribution in [0.5, 0.6) is 0 Å². The summed E-state index contributed by atoms with van der Waals surface area (Å²) in [6.45, 7) is 1.78. The fourth-order valence-electron chi connectivity index (χ4n) is 1.26. The number of aromatic nitrogens is 3. The van der Waals surface area contributed by atoms with Gasteiger partial charge in [0.15, 0.2) is 0 Å². The summed E-state index contributed by atoms with van der Waals surface area (Å²) in [4.78, 5) is 15.6. The first-order valence-electron chi connectivity index (χ1n) is 4.69. The molecule has 2 aromatic rings. The molecule has 2 rings (SSSR count). The predicted molar refractivity (Wildman–Crippen MR) is 59.9 cm³/mol. The highest BCUT2D eigenvalue weighted by Crippen LogP contribution is 2.10. The number of aryl methyl sites for hydroxylation is 1. The van der Waals surface area contributed by atoms with E-state index >= 15 is 0 Å². The Hall–Kier alpha value is -2.37. The second-order valence-electron chi connectivity index (χ2n) is 3.33. The van der Waals surface area contributed by atoms with E-state index < -0.39 is 0 Å². The number of carbonyl (C=O) groups is 1. The molecule has 0 radical (unpaired) electrons. The average Bonchev–Trinajstić information content (AvgIpc) is 2.68. The normalized spacial score (nSPS) is 10.1. The lowest BCUT2D eigenvalue weighted by Gasteiger charge is -2.03. The maximum absolute atomic E-state index is 11.8. The molecule has 1 amide bonds. The summed E-state index contributed by atoms with van der Waals surface area (Å²) < 4.78 is 0. The number of nitrogens with two attached hydrogens (primary N) is 1. The molecule has 0 aliphatic rings. The van der Waals surface area contributed by atoms with Gasteiger partial charge in [-0.15, -0.1) is 0 Å². The summed E-state index contributed by atoms with van der Waals surface area (Å²) in [6.07, 6.45) is 2.98. The summed E-state index contributed by atoms with van der Waals surface area (Å²) >= 11 is 0. The second-order valence-corrected chi connectivity index (χ2v) is 3.33. The molecule has 0 saturated heterocycles. The van der Waals surface area contributed by atoms with Crippen LogP contribution in [-0.4, -0.2) is 21.1 Å². The van der Waals surface area contributed by atoms with Crippen LogP contribution in [0.15, 0.2) is 24.5 Å². The van der Waals surface area contributed by atoms with E-state index in [1.54, 1.807) is 19.1 Å². The zero-order valence-corrected chi connectivity index (χ0v) is 8.69. The summed E-state index contributed by atoms with van der Waals surface area (Å²) in [6, 6.07) is 3.31. The van der Waals surface area contributed by atoms with Crippen LogP contribution < -0.4 is 11.1 Å². The third kappa shape index (κ3) is 2.00. The third-order valence-electron chi connectivity index (χ3n) is 2.12. The summed E-state index contributed by atoms with van der Waals surface area (Å²) in [5.41, 5.74) is 7.27. The third-order valence-corrected chi connectivity index (χ3v) is 2.12. The molecule has 0 unspecified atom stereocenters. The van der Waals surface area contributed by atoms with Crippen molar-refractivity contribution in [2.45, 2.75) is 6.92 Å². The Morgan fingerprint density at radius 3 is 2.81 bits per heavy atom. The number of rotatable bonds is 2. The molecule has 6 heteroatoms. The lowest BCUT2D eigenvalue weighted by Crippen LogP contribution is -2.12. The van der Waals surface area contributed by atoms with Crippen LogP contribution in [0.25, 0.3) is 0 Å². The topological polar surface area (TPSA) is 96.7 Å². The van der Waals surface area contributed by atoms with Gasteiger partial charge in [0.25, 0.3) is 5.91 Å². The van der Waals surface area contributed by atoms with E-state index in [0.717, 1.165) is 5.69 Å². The molecule has 0 saturated carbocycles. The van der Waals surface area contributed by atoms with Gasteiger partial charge in [0.05, 0.1) is 23.6 Å². The van der Waals surface area contributed by atoms with Crippen molar-refractivity contribution < 1.29 is 4.79 Å². The maximum atomic E-state index is 11.8. The number of carbonyl (C=O) groups excluding carboxylic acids is 1. The van der Waals surface area contributed by atoms with Crippen molar-refractivity contribution in [1.29, 1.82) is 0 Å². The molecule has 0 bridgehead atoms. The number of pyridine rings is 1. The first-order valence-corrected chi connectivity index (χ1v) is 4.69. The minimum absolute atomic E-state index is 0.224. The van der Waals surface area contributed by atoms with Crippen LogP contribution in [-0.2, 0) is 0 Å². The molecule has 6 nitrogen and oxygen atoms in total. The summed E-state index contributed by atoms with van der Waals surface area (Å²) in [5, 5.41) is 9.17. The van der Waals surface area contributed by atoms with Crippen molar-refractivity contribution in [3.05, 3.63) is 35.8 Å². The van der Waals surface area contributed by atoms with Crippen molar-refractivity contribution in [2.75, 3.05) is 11.1 Å². The number of nitrogens with zero attached hydrogens (tertiary/aromatic N) is 2. The monoisotopic (exact) mass is 217 g/mol. The molecule has 2 heterocycles. The van der Waals surface area contributed by atoms with E-state index in [1.807, 2.05) is 0 Å². The molecule has 0 spiro atoms. The van der Waals surface area contributed by atoms with Crippen molar-refractivity contribution in [3.63, 3.8) is 0 Å². The van der Waals surface area contributed by atoms with Crippen molar-refractivity contribution in [3.8, 4) is 0 Å². The van der Waals surface area contributed by atoms with Gasteiger partial charge < -0.3 is 11.1 Å². The Balaban J connectivity index is 2.14. The smallest absolute Gasteiger partial charge is 0.259 e. The lowest BCUT2D eigenvalue weighted by molar-refractivity contribution is 0.102. The Bertz CT molecular complexity index is 502. The van der Waals surface area contributed by atoms with Gasteiger partial charge in [-0.05, 0) is 19.1 Å². The SMILES string of the molecule is Cc1[nH]ncc1C(=O)Nc1ccc(N)nc1. The van der Waals surface area contributed by atoms with Crippen LogP contribution in [0.3, 0.4) is 0 Å². The molecule has 4 N–H and O–H groups in total. The minimum atomic E-state index is -0.224. The second kappa shape index (κ2) is 4.01. The van der Waals surface area contributed by atoms with Gasteiger partial charge in [0.2, 0.25) is 0 Å². The minimum Gasteiger partial charge on any atom is -0.384 e. The van der Waals surface area contributed by atoms with E-state index in [0.29, 0.717) is 17.1 Å². The number of aromatic amines is 1. The highest BCUT2D eigenvalue weighted by molar-refractivity contribution is 6.04. The molecule has 0 fully saturated rings. The van der Waals surface area contributed by atoms with Crippen LogP contribution in [0.2, 0.25) is 0 Å². The van der Waals surface area contributed by atoms with E-state index in [-0.39, 0.29) is 5.91 Å². The van der Waals surface area contributed by atoms with Crippen molar-refractivity contribution in [1.82, 2.24) is 15.2 Å². The van der Waals surface area contributed by atoms with Gasteiger partial charge in [-0.2, -0.15) is 5.10 Å². The van der Waals surface area contributed by atoms with E-state index in [2.05, 4.69) is 20.5 Å². The fourth-order valence-corrected chi connectivity index (χ4v) is 1.26. The molecule has 0 atom stereocenters. The highest BCUT2D eigenvalue weighted by atomic mass is 16.1. The number of nitrogens with one attached hydrogen (secondary N) is 2. The van der Waals surface area contributed by atoms with Crippen molar-refractivity contribution in [2.24, 2.45) is 0 Å². The first kappa shape index (κ1) is 10.2. The molecule has 0 aromatic carbocycles. The quantitative estimate of drug-likeness (QED) is 0.697. The van der Waals surface area contributed by atoms with Gasteiger partial charge in [-0.3, -0.25) is 9.89 Å².